The number of nitrogens with zero attached hydrogens (tertiary/aromatic N) is 2. The summed E-state index contributed by atoms with van der Waals surface area (Å²) in [4.78, 5) is 12.2. The van der Waals surface area contributed by atoms with E-state index < -0.39 is 0 Å². The number of benzene rings is 1. The van der Waals surface area contributed by atoms with Crippen LogP contribution in [0.2, 0.25) is 0 Å². The normalized spacial score (nSPS) is 12.4. The van der Waals surface area contributed by atoms with Crippen molar-refractivity contribution in [2.75, 3.05) is 0 Å². The first-order valence-electron chi connectivity index (χ1n) is 6.86. The standard InChI is InChI=1S/C15H16N4O2/c1-10(4-6-12-3-2-8-21-12)16-15(20)11-5-7-13-14(9-11)18-19-17-13/h2-3,5,7-10H,4,6H2,1H3,(H,16,20)(H,17,18,19). The molecule has 2 N–H and O–H groups in total. The van der Waals surface area contributed by atoms with Crippen LogP contribution in [0.4, 0.5) is 0 Å². The maximum absolute atomic E-state index is 12.2. The number of amides is 1. The highest BCUT2D eigenvalue weighted by molar-refractivity contribution is 5.97. The van der Waals surface area contributed by atoms with E-state index >= 15 is 0 Å². The molecule has 0 aliphatic carbocycles. The topological polar surface area (TPSA) is 83.8 Å². The van der Waals surface area contributed by atoms with Crippen LogP contribution < -0.4 is 5.32 Å². The summed E-state index contributed by atoms with van der Waals surface area (Å²) in [5.41, 5.74) is 2.02. The lowest BCUT2D eigenvalue weighted by molar-refractivity contribution is 0.0938. The molecular formula is C15H16N4O2. The van der Waals surface area contributed by atoms with Crippen LogP contribution in [0.1, 0.15) is 29.5 Å². The summed E-state index contributed by atoms with van der Waals surface area (Å²) in [6.07, 6.45) is 3.29. The number of fused-ring (bicyclic) bond motifs is 1. The van der Waals surface area contributed by atoms with Gasteiger partial charge in [-0.05, 0) is 43.7 Å². The highest BCUT2D eigenvalue weighted by Crippen LogP contribution is 2.11. The quantitative estimate of drug-likeness (QED) is 0.753. The van der Waals surface area contributed by atoms with Gasteiger partial charge in [0.05, 0.1) is 6.26 Å². The molecule has 0 saturated carbocycles. The molecular weight excluding hydrogens is 268 g/mol. The highest BCUT2D eigenvalue weighted by atomic mass is 16.3. The zero-order valence-electron chi connectivity index (χ0n) is 11.7. The molecule has 6 nitrogen and oxygen atoms in total. The van der Waals surface area contributed by atoms with Crippen molar-refractivity contribution >= 4 is 16.9 Å². The van der Waals surface area contributed by atoms with Crippen LogP contribution in [0, 0.1) is 0 Å². The Bertz CT molecular complexity index is 733. The van der Waals surface area contributed by atoms with Gasteiger partial charge in [0.2, 0.25) is 0 Å². The summed E-state index contributed by atoms with van der Waals surface area (Å²) >= 11 is 0. The Morgan fingerprint density at radius 3 is 3.00 bits per heavy atom. The van der Waals surface area contributed by atoms with Crippen molar-refractivity contribution in [2.45, 2.75) is 25.8 Å². The number of hydrogen-bond donors (Lipinski definition) is 2. The number of carbonyl (C=O) groups excluding carboxylic acids is 1. The van der Waals surface area contributed by atoms with Crippen LogP contribution in [-0.4, -0.2) is 27.4 Å². The van der Waals surface area contributed by atoms with Gasteiger partial charge in [-0.1, -0.05) is 0 Å². The Kier molecular flexibility index (Phi) is 3.68. The Morgan fingerprint density at radius 2 is 2.19 bits per heavy atom. The predicted octanol–water partition coefficient (Wildman–Crippen LogP) is 2.30. The molecule has 0 saturated heterocycles. The molecule has 1 atom stereocenters. The predicted molar refractivity (Wildman–Crippen MR) is 77.8 cm³/mol. The maximum Gasteiger partial charge on any atom is 0.251 e. The molecule has 2 heterocycles. The fourth-order valence-corrected chi connectivity index (χ4v) is 2.17. The molecule has 1 aromatic carbocycles. The Morgan fingerprint density at radius 1 is 1.33 bits per heavy atom. The van der Waals surface area contributed by atoms with Crippen molar-refractivity contribution in [3.63, 3.8) is 0 Å². The van der Waals surface area contributed by atoms with E-state index in [4.69, 9.17) is 4.42 Å². The third kappa shape index (κ3) is 3.10. The molecule has 108 valence electrons. The van der Waals surface area contributed by atoms with Crippen LogP contribution in [0.3, 0.4) is 0 Å². The number of nitrogens with one attached hydrogen (secondary N) is 2. The lowest BCUT2D eigenvalue weighted by Gasteiger charge is -2.13. The van der Waals surface area contributed by atoms with Gasteiger partial charge < -0.3 is 9.73 Å². The number of aryl methyl sites for hydroxylation is 1. The molecule has 0 fully saturated rings. The maximum atomic E-state index is 12.2. The minimum Gasteiger partial charge on any atom is -0.469 e. The van der Waals surface area contributed by atoms with Crippen LogP contribution in [0.5, 0.6) is 0 Å². The average molecular weight is 284 g/mol. The summed E-state index contributed by atoms with van der Waals surface area (Å²) in [6.45, 7) is 1.98. The van der Waals surface area contributed by atoms with Crippen molar-refractivity contribution < 1.29 is 9.21 Å². The summed E-state index contributed by atoms with van der Waals surface area (Å²) in [5, 5.41) is 13.5. The van der Waals surface area contributed by atoms with Gasteiger partial charge in [-0.25, -0.2) is 0 Å². The fraction of sp³-hybridized carbons (Fsp3) is 0.267. The monoisotopic (exact) mass is 284 g/mol. The Hall–Kier alpha value is -2.63. The fourth-order valence-electron chi connectivity index (χ4n) is 2.17. The zero-order valence-corrected chi connectivity index (χ0v) is 11.7. The third-order valence-corrected chi connectivity index (χ3v) is 3.36. The minimum atomic E-state index is -0.105. The second-order valence-electron chi connectivity index (χ2n) is 5.02. The van der Waals surface area contributed by atoms with Crippen molar-refractivity contribution in [2.24, 2.45) is 0 Å². The number of furan rings is 1. The first-order chi connectivity index (χ1) is 10.2. The minimum absolute atomic E-state index is 0.0654. The molecule has 1 amide bonds. The summed E-state index contributed by atoms with van der Waals surface area (Å²) in [6, 6.07) is 9.13. The number of H-pyrrole nitrogens is 1. The van der Waals surface area contributed by atoms with Crippen molar-refractivity contribution in [3.05, 3.63) is 47.9 Å². The van der Waals surface area contributed by atoms with Crippen molar-refractivity contribution in [1.29, 1.82) is 0 Å². The number of rotatable bonds is 5. The second-order valence-corrected chi connectivity index (χ2v) is 5.02. The smallest absolute Gasteiger partial charge is 0.251 e. The molecule has 0 aliphatic rings. The second kappa shape index (κ2) is 5.78. The van der Waals surface area contributed by atoms with E-state index in [1.165, 1.54) is 0 Å². The first kappa shape index (κ1) is 13.4. The van der Waals surface area contributed by atoms with Gasteiger partial charge in [0.25, 0.3) is 5.91 Å². The molecule has 0 aliphatic heterocycles. The SMILES string of the molecule is CC(CCc1ccco1)NC(=O)c1ccc2n[nH]nc2c1. The molecule has 1 unspecified atom stereocenters. The Balaban J connectivity index is 1.59. The lowest BCUT2D eigenvalue weighted by Crippen LogP contribution is -2.32. The van der Waals surface area contributed by atoms with Crippen LogP contribution in [-0.2, 0) is 6.42 Å². The summed E-state index contributed by atoms with van der Waals surface area (Å²) in [7, 11) is 0. The largest absolute Gasteiger partial charge is 0.469 e. The van der Waals surface area contributed by atoms with E-state index in [1.807, 2.05) is 19.1 Å². The summed E-state index contributed by atoms with van der Waals surface area (Å²) in [5.74, 6) is 0.826. The van der Waals surface area contributed by atoms with Gasteiger partial charge in [0.15, 0.2) is 0 Å². The van der Waals surface area contributed by atoms with Crippen molar-refractivity contribution in [3.8, 4) is 0 Å². The van der Waals surface area contributed by atoms with Gasteiger partial charge in [-0.15, -0.1) is 0 Å². The van der Waals surface area contributed by atoms with E-state index in [0.717, 1.165) is 24.1 Å². The van der Waals surface area contributed by atoms with Gasteiger partial charge in [-0.2, -0.15) is 15.4 Å². The molecule has 3 rings (SSSR count). The lowest BCUT2D eigenvalue weighted by atomic mass is 10.1. The molecule has 6 heteroatoms. The number of aromatic nitrogens is 3. The molecule has 0 bridgehead atoms. The third-order valence-electron chi connectivity index (χ3n) is 3.36. The first-order valence-corrected chi connectivity index (χ1v) is 6.86. The van der Waals surface area contributed by atoms with Crippen molar-refractivity contribution in [1.82, 2.24) is 20.7 Å². The highest BCUT2D eigenvalue weighted by Gasteiger charge is 2.11. The van der Waals surface area contributed by atoms with Gasteiger partial charge in [-0.3, -0.25) is 4.79 Å². The van der Waals surface area contributed by atoms with Gasteiger partial charge in [0, 0.05) is 18.0 Å². The van der Waals surface area contributed by atoms with Crippen LogP contribution in [0.25, 0.3) is 11.0 Å². The molecule has 21 heavy (non-hydrogen) atoms. The van der Waals surface area contributed by atoms with Crippen LogP contribution in [0.15, 0.2) is 41.0 Å². The van der Waals surface area contributed by atoms with E-state index in [1.54, 1.807) is 24.5 Å². The Labute approximate surface area is 121 Å². The summed E-state index contributed by atoms with van der Waals surface area (Å²) < 4.78 is 5.28. The number of aromatic amines is 1. The molecule has 0 radical (unpaired) electrons. The van der Waals surface area contributed by atoms with Gasteiger partial charge in [0.1, 0.15) is 16.8 Å². The molecule has 2 aromatic heterocycles. The van der Waals surface area contributed by atoms with E-state index in [0.29, 0.717) is 11.1 Å². The number of hydrogen-bond acceptors (Lipinski definition) is 4. The van der Waals surface area contributed by atoms with E-state index in [9.17, 15) is 4.79 Å². The molecule has 0 spiro atoms. The van der Waals surface area contributed by atoms with Crippen LogP contribution >= 0.6 is 0 Å². The average Bonchev–Trinajstić information content (AvgIpc) is 3.15. The van der Waals surface area contributed by atoms with Gasteiger partial charge >= 0.3 is 0 Å². The van der Waals surface area contributed by atoms with E-state index in [2.05, 4.69) is 20.7 Å². The zero-order chi connectivity index (χ0) is 14.7. The number of carbonyl (C=O) groups is 1. The molecule has 3 aromatic rings. The van der Waals surface area contributed by atoms with E-state index in [-0.39, 0.29) is 11.9 Å².